The van der Waals surface area contributed by atoms with Gasteiger partial charge in [-0.25, -0.2) is 4.68 Å². The molecule has 0 N–H and O–H groups in total. The van der Waals surface area contributed by atoms with Gasteiger partial charge in [0.25, 0.3) is 5.89 Å². The van der Waals surface area contributed by atoms with E-state index in [0.717, 1.165) is 53.8 Å². The number of rotatable bonds is 6. The third-order valence-corrected chi connectivity index (χ3v) is 5.53. The number of fused-ring (bicyclic) bond motifs is 1. The van der Waals surface area contributed by atoms with Crippen LogP contribution in [0.25, 0.3) is 33.9 Å². The van der Waals surface area contributed by atoms with E-state index in [1.165, 1.54) is 0 Å². The van der Waals surface area contributed by atoms with Crippen LogP contribution in [0.4, 0.5) is 0 Å². The molecular weight excluding hydrogens is 396 g/mol. The van der Waals surface area contributed by atoms with Gasteiger partial charge in [0.2, 0.25) is 11.7 Å². The number of amides is 1. The van der Waals surface area contributed by atoms with Crippen LogP contribution < -0.4 is 4.74 Å². The molecule has 1 saturated heterocycles. The van der Waals surface area contributed by atoms with E-state index >= 15 is 0 Å². The lowest BCUT2D eigenvalue weighted by Crippen LogP contribution is -2.28. The van der Waals surface area contributed by atoms with E-state index in [4.69, 9.17) is 9.26 Å². The second kappa shape index (κ2) is 8.17. The summed E-state index contributed by atoms with van der Waals surface area (Å²) in [5.74, 6) is 1.85. The van der Waals surface area contributed by atoms with E-state index in [0.29, 0.717) is 24.7 Å². The molecule has 0 spiro atoms. The van der Waals surface area contributed by atoms with Gasteiger partial charge in [-0.3, -0.25) is 4.79 Å². The van der Waals surface area contributed by atoms with Gasteiger partial charge in [0.15, 0.2) is 0 Å². The predicted octanol–water partition coefficient (Wildman–Crippen LogP) is 3.17. The monoisotopic (exact) mass is 418 g/mol. The SMILES string of the molecule is COc1ccc(-c2nc(-c3ccc4c(c3)nnn4CCC(=O)N3CCCC3)no2)cc1. The highest BCUT2D eigenvalue weighted by Gasteiger charge is 2.18. The van der Waals surface area contributed by atoms with Gasteiger partial charge in [0, 0.05) is 30.6 Å². The van der Waals surface area contributed by atoms with Gasteiger partial charge in [0.1, 0.15) is 11.3 Å². The minimum atomic E-state index is 0.177. The van der Waals surface area contributed by atoms with Crippen LogP contribution in [0, 0.1) is 0 Å². The summed E-state index contributed by atoms with van der Waals surface area (Å²) in [5.41, 5.74) is 3.20. The lowest BCUT2D eigenvalue weighted by Gasteiger charge is -2.14. The number of carbonyl (C=O) groups excluding carboxylic acids is 1. The van der Waals surface area contributed by atoms with Crippen LogP contribution in [0.2, 0.25) is 0 Å². The molecule has 158 valence electrons. The van der Waals surface area contributed by atoms with Crippen molar-refractivity contribution in [2.24, 2.45) is 0 Å². The molecule has 2 aromatic heterocycles. The molecule has 4 aromatic rings. The van der Waals surface area contributed by atoms with Crippen LogP contribution in [0.3, 0.4) is 0 Å². The van der Waals surface area contributed by atoms with Crippen molar-refractivity contribution in [1.29, 1.82) is 0 Å². The maximum Gasteiger partial charge on any atom is 0.258 e. The molecule has 9 nitrogen and oxygen atoms in total. The molecule has 0 saturated carbocycles. The number of likely N-dealkylation sites (tertiary alicyclic amines) is 1. The molecule has 31 heavy (non-hydrogen) atoms. The van der Waals surface area contributed by atoms with E-state index in [1.807, 2.05) is 47.4 Å². The normalized spacial score (nSPS) is 13.8. The molecule has 0 bridgehead atoms. The summed E-state index contributed by atoms with van der Waals surface area (Å²) in [5, 5.41) is 12.6. The number of ether oxygens (including phenoxy) is 1. The van der Waals surface area contributed by atoms with E-state index in [1.54, 1.807) is 11.8 Å². The van der Waals surface area contributed by atoms with Gasteiger partial charge in [-0.2, -0.15) is 4.98 Å². The number of methoxy groups -OCH3 is 1. The first kappa shape index (κ1) is 19.2. The van der Waals surface area contributed by atoms with Crippen LogP contribution in [0.5, 0.6) is 5.75 Å². The summed E-state index contributed by atoms with van der Waals surface area (Å²) in [6.45, 7) is 2.24. The number of hydrogen-bond acceptors (Lipinski definition) is 7. The molecule has 1 aliphatic rings. The third-order valence-electron chi connectivity index (χ3n) is 5.53. The second-order valence-corrected chi connectivity index (χ2v) is 7.51. The van der Waals surface area contributed by atoms with Crippen molar-refractivity contribution in [1.82, 2.24) is 30.0 Å². The average Bonchev–Trinajstić information content (AvgIpc) is 3.58. The number of benzene rings is 2. The zero-order chi connectivity index (χ0) is 21.2. The van der Waals surface area contributed by atoms with Crippen LogP contribution in [0.15, 0.2) is 47.0 Å². The molecule has 3 heterocycles. The first-order chi connectivity index (χ1) is 15.2. The van der Waals surface area contributed by atoms with Crippen molar-refractivity contribution in [2.45, 2.75) is 25.8 Å². The first-order valence-electron chi connectivity index (χ1n) is 10.3. The Bertz CT molecular complexity index is 1210. The van der Waals surface area contributed by atoms with Gasteiger partial charge in [-0.05, 0) is 55.3 Å². The minimum Gasteiger partial charge on any atom is -0.497 e. The van der Waals surface area contributed by atoms with Gasteiger partial charge in [0.05, 0.1) is 19.2 Å². The van der Waals surface area contributed by atoms with Crippen molar-refractivity contribution >= 4 is 16.9 Å². The summed E-state index contributed by atoms with van der Waals surface area (Å²) in [4.78, 5) is 18.7. The fourth-order valence-corrected chi connectivity index (χ4v) is 3.79. The molecule has 0 aliphatic carbocycles. The van der Waals surface area contributed by atoms with Gasteiger partial charge < -0.3 is 14.2 Å². The van der Waals surface area contributed by atoms with E-state index in [-0.39, 0.29) is 5.91 Å². The molecule has 0 atom stereocenters. The highest BCUT2D eigenvalue weighted by molar-refractivity contribution is 5.80. The van der Waals surface area contributed by atoms with Crippen LogP contribution in [-0.4, -0.2) is 56.1 Å². The number of hydrogen-bond donors (Lipinski definition) is 0. The van der Waals surface area contributed by atoms with E-state index in [2.05, 4.69) is 20.5 Å². The molecule has 1 aliphatic heterocycles. The van der Waals surface area contributed by atoms with Crippen molar-refractivity contribution in [3.63, 3.8) is 0 Å². The van der Waals surface area contributed by atoms with Crippen LogP contribution >= 0.6 is 0 Å². The number of aryl methyl sites for hydroxylation is 1. The van der Waals surface area contributed by atoms with Crippen molar-refractivity contribution in [3.05, 3.63) is 42.5 Å². The summed E-state index contributed by atoms with van der Waals surface area (Å²) in [6.07, 6.45) is 2.62. The summed E-state index contributed by atoms with van der Waals surface area (Å²) < 4.78 is 12.4. The van der Waals surface area contributed by atoms with Crippen LogP contribution in [0.1, 0.15) is 19.3 Å². The molecule has 0 radical (unpaired) electrons. The standard InChI is InChI=1S/C22H22N6O3/c1-30-17-7-4-15(5-8-17)22-23-21(25-31-22)16-6-9-19-18(14-16)24-26-28(19)13-10-20(29)27-11-2-3-12-27/h4-9,14H,2-3,10-13H2,1H3. The van der Waals surface area contributed by atoms with Gasteiger partial charge in [-0.1, -0.05) is 10.4 Å². The lowest BCUT2D eigenvalue weighted by molar-refractivity contribution is -0.130. The highest BCUT2D eigenvalue weighted by Crippen LogP contribution is 2.26. The van der Waals surface area contributed by atoms with Crippen molar-refractivity contribution < 1.29 is 14.1 Å². The van der Waals surface area contributed by atoms with Crippen molar-refractivity contribution in [3.8, 4) is 28.6 Å². The van der Waals surface area contributed by atoms with E-state index in [9.17, 15) is 4.79 Å². The molecule has 9 heteroatoms. The van der Waals surface area contributed by atoms with Gasteiger partial charge >= 0.3 is 0 Å². The van der Waals surface area contributed by atoms with Gasteiger partial charge in [-0.15, -0.1) is 5.10 Å². The highest BCUT2D eigenvalue weighted by atomic mass is 16.5. The Balaban J connectivity index is 1.32. The quantitative estimate of drug-likeness (QED) is 0.474. The zero-order valence-corrected chi connectivity index (χ0v) is 17.2. The Morgan fingerprint density at radius 2 is 1.87 bits per heavy atom. The average molecular weight is 418 g/mol. The molecule has 1 amide bonds. The fraction of sp³-hybridized carbons (Fsp3) is 0.318. The molecule has 0 unspecified atom stereocenters. The Labute approximate surface area is 178 Å². The number of nitrogens with zero attached hydrogens (tertiary/aromatic N) is 6. The first-order valence-corrected chi connectivity index (χ1v) is 10.3. The summed E-state index contributed by atoms with van der Waals surface area (Å²) >= 11 is 0. The minimum absolute atomic E-state index is 0.177. The summed E-state index contributed by atoms with van der Waals surface area (Å²) in [6, 6.07) is 13.1. The molecule has 1 fully saturated rings. The molecule has 2 aromatic carbocycles. The Kier molecular flexibility index (Phi) is 5.07. The number of aromatic nitrogens is 5. The lowest BCUT2D eigenvalue weighted by atomic mass is 10.2. The van der Waals surface area contributed by atoms with Crippen molar-refractivity contribution in [2.75, 3.05) is 20.2 Å². The fourth-order valence-electron chi connectivity index (χ4n) is 3.79. The molecular formula is C22H22N6O3. The predicted molar refractivity (Wildman–Crippen MR) is 113 cm³/mol. The topological polar surface area (TPSA) is 99.2 Å². The van der Waals surface area contributed by atoms with E-state index < -0.39 is 0 Å². The Hall–Kier alpha value is -3.75. The maximum absolute atomic E-state index is 12.3. The third kappa shape index (κ3) is 3.86. The number of carbonyl (C=O) groups is 1. The smallest absolute Gasteiger partial charge is 0.258 e. The Morgan fingerprint density at radius 3 is 2.65 bits per heavy atom. The second-order valence-electron chi connectivity index (χ2n) is 7.51. The summed E-state index contributed by atoms with van der Waals surface area (Å²) in [7, 11) is 1.62. The zero-order valence-electron chi connectivity index (χ0n) is 17.2. The van der Waals surface area contributed by atoms with Crippen LogP contribution in [-0.2, 0) is 11.3 Å². The Morgan fingerprint density at radius 1 is 1.10 bits per heavy atom. The molecule has 5 rings (SSSR count). The largest absolute Gasteiger partial charge is 0.497 e. The maximum atomic E-state index is 12.3.